The first-order valence-electron chi connectivity index (χ1n) is 10.6. The average Bonchev–Trinajstić information content (AvgIpc) is 3.48. The van der Waals surface area contributed by atoms with E-state index in [0.29, 0.717) is 31.5 Å². The van der Waals surface area contributed by atoms with Crippen LogP contribution in [0.5, 0.6) is 0 Å². The Bertz CT molecular complexity index is 772. The molecule has 1 saturated carbocycles. The van der Waals surface area contributed by atoms with Crippen LogP contribution in [0, 0.1) is 29.6 Å². The molecule has 2 amide bonds. The second-order valence-corrected chi connectivity index (χ2v) is 8.31. The zero-order valence-corrected chi connectivity index (χ0v) is 17.1. The highest BCUT2D eigenvalue weighted by molar-refractivity contribution is 6.06. The molecule has 2 aliphatic carbocycles. The number of aromatic nitrogens is 2. The molecule has 8 nitrogen and oxygen atoms in total. The van der Waals surface area contributed by atoms with Gasteiger partial charge in [0.25, 0.3) is 0 Å². The number of carbonyl (C=O) groups is 2. The number of allylic oxidation sites excluding steroid dienone is 2. The van der Waals surface area contributed by atoms with Crippen LogP contribution in [0.3, 0.4) is 0 Å². The number of guanidine groups is 1. The largest absolute Gasteiger partial charge is 0.357 e. The van der Waals surface area contributed by atoms with Crippen molar-refractivity contribution in [1.29, 1.82) is 0 Å². The molecule has 29 heavy (non-hydrogen) atoms. The standard InChI is InChI=1S/C21H30N6O2/c1-3-22-21(24-12-14(2)13-26-9-4-7-25-26)23-8-10-27-19(28)17-15-5-6-16(11-15)18(17)20(27)29/h4-7,9,14-18H,3,8,10-13H2,1-2H3,(H2,22,23,24). The first kappa shape index (κ1) is 19.7. The minimum atomic E-state index is -0.123. The molecule has 1 aromatic rings. The quantitative estimate of drug-likeness (QED) is 0.294. The fourth-order valence-corrected chi connectivity index (χ4v) is 4.84. The number of hydrogen-bond donors (Lipinski definition) is 2. The number of carbonyl (C=O) groups excluding carboxylic acids is 2. The summed E-state index contributed by atoms with van der Waals surface area (Å²) in [5.41, 5.74) is 0. The second-order valence-electron chi connectivity index (χ2n) is 8.31. The molecule has 0 aromatic carbocycles. The Morgan fingerprint density at radius 3 is 2.59 bits per heavy atom. The summed E-state index contributed by atoms with van der Waals surface area (Å²) in [5.74, 6) is 1.34. The first-order chi connectivity index (χ1) is 14.1. The molecule has 5 atom stereocenters. The summed E-state index contributed by atoms with van der Waals surface area (Å²) in [6.45, 7) is 7.26. The van der Waals surface area contributed by atoms with Crippen LogP contribution in [0.1, 0.15) is 20.3 Å². The Balaban J connectivity index is 1.27. The van der Waals surface area contributed by atoms with E-state index in [9.17, 15) is 9.59 Å². The molecule has 1 aliphatic heterocycles. The highest BCUT2D eigenvalue weighted by Gasteiger charge is 2.58. The van der Waals surface area contributed by atoms with Gasteiger partial charge in [-0.25, -0.2) is 0 Å². The van der Waals surface area contributed by atoms with E-state index in [0.717, 1.165) is 19.5 Å². The zero-order valence-electron chi connectivity index (χ0n) is 17.1. The molecule has 3 aliphatic rings. The fraction of sp³-hybridized carbons (Fsp3) is 0.619. The molecule has 2 heterocycles. The van der Waals surface area contributed by atoms with Gasteiger partial charge in [0.2, 0.25) is 11.8 Å². The van der Waals surface area contributed by atoms with E-state index in [1.165, 1.54) is 4.90 Å². The van der Waals surface area contributed by atoms with Gasteiger partial charge in [-0.05, 0) is 37.2 Å². The molecule has 0 radical (unpaired) electrons. The topological polar surface area (TPSA) is 91.6 Å². The van der Waals surface area contributed by atoms with E-state index in [-0.39, 0.29) is 35.5 Å². The van der Waals surface area contributed by atoms with Crippen LogP contribution in [-0.4, -0.2) is 58.6 Å². The SMILES string of the molecule is CCNC(=NCC(C)Cn1cccn1)NCCN1C(=O)C2C3C=CC(C3)C2C1=O. The van der Waals surface area contributed by atoms with Crippen LogP contribution in [0.25, 0.3) is 0 Å². The molecular weight excluding hydrogens is 368 g/mol. The van der Waals surface area contributed by atoms with Gasteiger partial charge >= 0.3 is 0 Å². The van der Waals surface area contributed by atoms with Gasteiger partial charge in [0.05, 0.1) is 11.8 Å². The molecule has 2 fully saturated rings. The van der Waals surface area contributed by atoms with Crippen molar-refractivity contribution in [3.8, 4) is 0 Å². The number of nitrogens with one attached hydrogen (secondary N) is 2. The molecule has 1 saturated heterocycles. The average molecular weight is 399 g/mol. The number of fused-ring (bicyclic) bond motifs is 5. The normalized spacial score (nSPS) is 28.9. The van der Waals surface area contributed by atoms with E-state index in [2.05, 4.69) is 39.8 Å². The summed E-state index contributed by atoms with van der Waals surface area (Å²) in [5, 5.41) is 10.7. The molecular formula is C21H30N6O2. The molecule has 5 unspecified atom stereocenters. The Morgan fingerprint density at radius 1 is 1.24 bits per heavy atom. The lowest BCUT2D eigenvalue weighted by Gasteiger charge is -2.19. The van der Waals surface area contributed by atoms with Crippen molar-refractivity contribution in [2.75, 3.05) is 26.2 Å². The molecule has 4 rings (SSSR count). The Hall–Kier alpha value is -2.64. The van der Waals surface area contributed by atoms with Crippen molar-refractivity contribution in [3.05, 3.63) is 30.6 Å². The van der Waals surface area contributed by atoms with Gasteiger partial charge in [-0.3, -0.25) is 24.2 Å². The van der Waals surface area contributed by atoms with Crippen molar-refractivity contribution in [2.45, 2.75) is 26.8 Å². The van der Waals surface area contributed by atoms with E-state index >= 15 is 0 Å². The van der Waals surface area contributed by atoms with Crippen molar-refractivity contribution < 1.29 is 9.59 Å². The van der Waals surface area contributed by atoms with Crippen LogP contribution >= 0.6 is 0 Å². The summed E-state index contributed by atoms with van der Waals surface area (Å²) >= 11 is 0. The lowest BCUT2D eigenvalue weighted by molar-refractivity contribution is -0.140. The van der Waals surface area contributed by atoms with E-state index in [1.807, 2.05) is 23.9 Å². The van der Waals surface area contributed by atoms with Crippen LogP contribution < -0.4 is 10.6 Å². The predicted octanol–water partition coefficient (Wildman–Crippen LogP) is 0.881. The molecule has 8 heteroatoms. The van der Waals surface area contributed by atoms with Crippen LogP contribution in [0.2, 0.25) is 0 Å². The van der Waals surface area contributed by atoms with Gasteiger partial charge in [-0.2, -0.15) is 5.10 Å². The number of imide groups is 1. The third-order valence-electron chi connectivity index (χ3n) is 6.15. The van der Waals surface area contributed by atoms with Gasteiger partial charge in [0.1, 0.15) is 0 Å². The number of amides is 2. The third kappa shape index (κ3) is 3.93. The van der Waals surface area contributed by atoms with Gasteiger partial charge in [0.15, 0.2) is 5.96 Å². The maximum Gasteiger partial charge on any atom is 0.233 e. The van der Waals surface area contributed by atoms with Gasteiger partial charge in [-0.15, -0.1) is 0 Å². The summed E-state index contributed by atoms with van der Waals surface area (Å²) in [6.07, 6.45) is 8.94. The van der Waals surface area contributed by atoms with E-state index in [4.69, 9.17) is 0 Å². The Kier molecular flexibility index (Phi) is 5.69. The Morgan fingerprint density at radius 2 is 1.97 bits per heavy atom. The number of likely N-dealkylation sites (tertiary alicyclic amines) is 1. The van der Waals surface area contributed by atoms with Crippen molar-refractivity contribution in [2.24, 2.45) is 34.6 Å². The summed E-state index contributed by atoms with van der Waals surface area (Å²) in [7, 11) is 0. The van der Waals surface area contributed by atoms with E-state index in [1.54, 1.807) is 6.20 Å². The molecule has 0 spiro atoms. The highest BCUT2D eigenvalue weighted by Crippen LogP contribution is 2.52. The lowest BCUT2D eigenvalue weighted by atomic mass is 9.85. The summed E-state index contributed by atoms with van der Waals surface area (Å²) < 4.78 is 1.91. The second kappa shape index (κ2) is 8.39. The molecule has 2 bridgehead atoms. The van der Waals surface area contributed by atoms with E-state index < -0.39 is 0 Å². The predicted molar refractivity (Wildman–Crippen MR) is 110 cm³/mol. The number of hydrogen-bond acceptors (Lipinski definition) is 4. The van der Waals surface area contributed by atoms with Gasteiger partial charge in [-0.1, -0.05) is 19.1 Å². The minimum Gasteiger partial charge on any atom is -0.357 e. The maximum absolute atomic E-state index is 12.7. The Labute approximate surface area is 171 Å². The van der Waals surface area contributed by atoms with Crippen molar-refractivity contribution >= 4 is 17.8 Å². The summed E-state index contributed by atoms with van der Waals surface area (Å²) in [4.78, 5) is 31.6. The first-order valence-corrected chi connectivity index (χ1v) is 10.6. The lowest BCUT2D eigenvalue weighted by Crippen LogP contribution is -2.44. The number of aliphatic imine (C=N–C) groups is 1. The van der Waals surface area contributed by atoms with Crippen LogP contribution in [0.15, 0.2) is 35.6 Å². The maximum atomic E-state index is 12.7. The monoisotopic (exact) mass is 398 g/mol. The zero-order chi connectivity index (χ0) is 20.4. The third-order valence-corrected chi connectivity index (χ3v) is 6.15. The minimum absolute atomic E-state index is 0.00781. The molecule has 2 N–H and O–H groups in total. The molecule has 1 aromatic heterocycles. The van der Waals surface area contributed by atoms with Gasteiger partial charge < -0.3 is 10.6 Å². The van der Waals surface area contributed by atoms with Crippen LogP contribution in [0.4, 0.5) is 0 Å². The fourth-order valence-electron chi connectivity index (χ4n) is 4.84. The van der Waals surface area contributed by atoms with Crippen LogP contribution in [-0.2, 0) is 16.1 Å². The number of nitrogens with zero attached hydrogens (tertiary/aromatic N) is 4. The van der Waals surface area contributed by atoms with Crippen molar-refractivity contribution in [1.82, 2.24) is 25.3 Å². The highest BCUT2D eigenvalue weighted by atomic mass is 16.2. The smallest absolute Gasteiger partial charge is 0.233 e. The van der Waals surface area contributed by atoms with Crippen molar-refractivity contribution in [3.63, 3.8) is 0 Å². The molecule has 156 valence electrons. The van der Waals surface area contributed by atoms with Gasteiger partial charge in [0, 0.05) is 45.1 Å². The number of rotatable bonds is 8. The summed E-state index contributed by atoms with van der Waals surface area (Å²) in [6, 6.07) is 1.91.